The summed E-state index contributed by atoms with van der Waals surface area (Å²) in [5, 5.41) is 1.14. The third kappa shape index (κ3) is 1.37. The number of fused-ring (bicyclic) bond motifs is 2. The molecule has 88 valence electrons. The molecule has 0 bridgehead atoms. The van der Waals surface area contributed by atoms with Gasteiger partial charge in [-0.1, -0.05) is 30.3 Å². The van der Waals surface area contributed by atoms with Crippen molar-refractivity contribution in [1.29, 1.82) is 0 Å². The van der Waals surface area contributed by atoms with E-state index in [1.807, 2.05) is 30.3 Å². The Kier molecular flexibility index (Phi) is 1.88. The van der Waals surface area contributed by atoms with E-state index >= 15 is 0 Å². The molecule has 1 aliphatic heterocycles. The lowest BCUT2D eigenvalue weighted by Crippen LogP contribution is -1.92. The minimum absolute atomic E-state index is 0.313. The van der Waals surface area contributed by atoms with Gasteiger partial charge in [-0.3, -0.25) is 0 Å². The normalized spacial score (nSPS) is 13.1. The minimum Gasteiger partial charge on any atom is -0.454 e. The summed E-state index contributed by atoms with van der Waals surface area (Å²) >= 11 is 0. The van der Waals surface area contributed by atoms with Crippen molar-refractivity contribution in [2.45, 2.75) is 0 Å². The standard InChI is InChI=1S/C15H11NO2/c1-2-4-10(5-3-1)12-6-11-7-14-15(18-9-17-14)8-13(11)16-12/h1-8,16H,9H2. The maximum atomic E-state index is 5.39. The van der Waals surface area contributed by atoms with E-state index in [9.17, 15) is 0 Å². The average Bonchev–Trinajstić information content (AvgIpc) is 3.01. The van der Waals surface area contributed by atoms with E-state index in [1.54, 1.807) is 0 Å². The van der Waals surface area contributed by atoms with E-state index in [0.717, 1.165) is 28.1 Å². The van der Waals surface area contributed by atoms with E-state index in [2.05, 4.69) is 23.2 Å². The van der Waals surface area contributed by atoms with Gasteiger partial charge in [0.05, 0.1) is 0 Å². The summed E-state index contributed by atoms with van der Waals surface area (Å²) in [6.07, 6.45) is 0. The second kappa shape index (κ2) is 3.53. The molecule has 0 amide bonds. The van der Waals surface area contributed by atoms with Crippen LogP contribution in [0.5, 0.6) is 11.5 Å². The Morgan fingerprint density at radius 2 is 1.67 bits per heavy atom. The summed E-state index contributed by atoms with van der Waals surface area (Å²) < 4.78 is 10.8. The van der Waals surface area contributed by atoms with E-state index in [4.69, 9.17) is 9.47 Å². The van der Waals surface area contributed by atoms with E-state index < -0.39 is 0 Å². The number of rotatable bonds is 1. The molecule has 1 aromatic heterocycles. The van der Waals surface area contributed by atoms with Crippen molar-refractivity contribution < 1.29 is 9.47 Å². The topological polar surface area (TPSA) is 34.2 Å². The van der Waals surface area contributed by atoms with Crippen LogP contribution in [0.15, 0.2) is 48.5 Å². The number of ether oxygens (including phenoxy) is 2. The van der Waals surface area contributed by atoms with Gasteiger partial charge in [-0.2, -0.15) is 0 Å². The van der Waals surface area contributed by atoms with Gasteiger partial charge >= 0.3 is 0 Å². The SMILES string of the molecule is c1ccc(-c2cc3cc4c(cc3[nH]2)OCO4)cc1. The number of aromatic amines is 1. The first-order valence-electron chi connectivity index (χ1n) is 5.88. The summed E-state index contributed by atoms with van der Waals surface area (Å²) in [5.74, 6) is 1.63. The Balaban J connectivity index is 1.90. The van der Waals surface area contributed by atoms with Gasteiger partial charge in [0.1, 0.15) is 0 Å². The molecule has 0 radical (unpaired) electrons. The quantitative estimate of drug-likeness (QED) is 0.702. The van der Waals surface area contributed by atoms with Crippen molar-refractivity contribution in [3.63, 3.8) is 0 Å². The van der Waals surface area contributed by atoms with Crippen LogP contribution in [0.4, 0.5) is 0 Å². The zero-order valence-corrected chi connectivity index (χ0v) is 9.64. The molecule has 18 heavy (non-hydrogen) atoms. The van der Waals surface area contributed by atoms with Crippen molar-refractivity contribution in [2.75, 3.05) is 6.79 Å². The van der Waals surface area contributed by atoms with Crippen LogP contribution in [0.3, 0.4) is 0 Å². The molecular formula is C15H11NO2. The van der Waals surface area contributed by atoms with Crippen molar-refractivity contribution in [3.05, 3.63) is 48.5 Å². The van der Waals surface area contributed by atoms with Crippen molar-refractivity contribution in [1.82, 2.24) is 4.98 Å². The molecule has 3 nitrogen and oxygen atoms in total. The second-order valence-corrected chi connectivity index (χ2v) is 4.34. The number of benzene rings is 2. The Hall–Kier alpha value is -2.42. The molecule has 0 saturated carbocycles. The van der Waals surface area contributed by atoms with Gasteiger partial charge in [0.2, 0.25) is 6.79 Å². The monoisotopic (exact) mass is 237 g/mol. The molecule has 3 aromatic rings. The fraction of sp³-hybridized carbons (Fsp3) is 0.0667. The van der Waals surface area contributed by atoms with Gasteiger partial charge in [-0.05, 0) is 17.7 Å². The summed E-state index contributed by atoms with van der Waals surface area (Å²) in [6, 6.07) is 16.4. The first-order chi connectivity index (χ1) is 8.90. The fourth-order valence-electron chi connectivity index (χ4n) is 2.30. The average molecular weight is 237 g/mol. The lowest BCUT2D eigenvalue weighted by atomic mass is 10.1. The highest BCUT2D eigenvalue weighted by atomic mass is 16.7. The Morgan fingerprint density at radius 3 is 2.50 bits per heavy atom. The highest BCUT2D eigenvalue weighted by Crippen LogP contribution is 2.37. The first-order valence-corrected chi connectivity index (χ1v) is 5.88. The van der Waals surface area contributed by atoms with Gasteiger partial charge in [0, 0.05) is 22.7 Å². The predicted octanol–water partition coefficient (Wildman–Crippen LogP) is 3.56. The Labute approximate surface area is 104 Å². The molecule has 0 fully saturated rings. The van der Waals surface area contributed by atoms with Crippen LogP contribution in [0.2, 0.25) is 0 Å². The molecule has 4 rings (SSSR count). The predicted molar refractivity (Wildman–Crippen MR) is 69.9 cm³/mol. The Bertz CT molecular complexity index is 675. The van der Waals surface area contributed by atoms with Gasteiger partial charge in [-0.15, -0.1) is 0 Å². The molecule has 3 heteroatoms. The highest BCUT2D eigenvalue weighted by Gasteiger charge is 2.15. The molecule has 0 aliphatic carbocycles. The largest absolute Gasteiger partial charge is 0.454 e. The molecule has 1 N–H and O–H groups in total. The van der Waals surface area contributed by atoms with Crippen LogP contribution in [0.1, 0.15) is 0 Å². The molecular weight excluding hydrogens is 226 g/mol. The number of hydrogen-bond donors (Lipinski definition) is 1. The molecule has 0 saturated heterocycles. The van der Waals surface area contributed by atoms with Crippen molar-refractivity contribution in [3.8, 4) is 22.8 Å². The molecule has 0 atom stereocenters. The third-order valence-electron chi connectivity index (χ3n) is 3.20. The Morgan fingerprint density at radius 1 is 0.889 bits per heavy atom. The fourth-order valence-corrected chi connectivity index (χ4v) is 2.30. The molecule has 0 spiro atoms. The van der Waals surface area contributed by atoms with Crippen LogP contribution < -0.4 is 9.47 Å². The maximum Gasteiger partial charge on any atom is 0.231 e. The molecule has 2 aromatic carbocycles. The third-order valence-corrected chi connectivity index (χ3v) is 3.20. The second-order valence-electron chi connectivity index (χ2n) is 4.34. The zero-order valence-electron chi connectivity index (χ0n) is 9.64. The smallest absolute Gasteiger partial charge is 0.231 e. The molecule has 2 heterocycles. The van der Waals surface area contributed by atoms with Crippen molar-refractivity contribution >= 4 is 10.9 Å². The summed E-state index contributed by atoms with van der Waals surface area (Å²) in [6.45, 7) is 0.313. The van der Waals surface area contributed by atoms with E-state index in [-0.39, 0.29) is 0 Å². The van der Waals surface area contributed by atoms with Crippen molar-refractivity contribution in [2.24, 2.45) is 0 Å². The zero-order chi connectivity index (χ0) is 11.9. The summed E-state index contributed by atoms with van der Waals surface area (Å²) in [7, 11) is 0. The van der Waals surface area contributed by atoms with Crippen LogP contribution in [0.25, 0.3) is 22.2 Å². The number of aromatic nitrogens is 1. The summed E-state index contributed by atoms with van der Waals surface area (Å²) in [4.78, 5) is 3.41. The van der Waals surface area contributed by atoms with Gasteiger partial charge in [0.25, 0.3) is 0 Å². The minimum atomic E-state index is 0.313. The lowest BCUT2D eigenvalue weighted by molar-refractivity contribution is 0.174. The molecule has 0 unspecified atom stereocenters. The van der Waals surface area contributed by atoms with Crippen LogP contribution in [0, 0.1) is 0 Å². The number of hydrogen-bond acceptors (Lipinski definition) is 2. The lowest BCUT2D eigenvalue weighted by Gasteiger charge is -1.95. The van der Waals surface area contributed by atoms with Crippen LogP contribution in [-0.2, 0) is 0 Å². The summed E-state index contributed by atoms with van der Waals surface area (Å²) in [5.41, 5.74) is 3.35. The number of H-pyrrole nitrogens is 1. The van der Waals surface area contributed by atoms with Gasteiger partial charge in [-0.25, -0.2) is 0 Å². The number of nitrogens with one attached hydrogen (secondary N) is 1. The van der Waals surface area contributed by atoms with Gasteiger partial charge < -0.3 is 14.5 Å². The molecule has 1 aliphatic rings. The van der Waals surface area contributed by atoms with Gasteiger partial charge in [0.15, 0.2) is 11.5 Å². The van der Waals surface area contributed by atoms with E-state index in [0.29, 0.717) is 6.79 Å². The maximum absolute atomic E-state index is 5.39. The first kappa shape index (κ1) is 9.59. The van der Waals surface area contributed by atoms with Crippen LogP contribution in [-0.4, -0.2) is 11.8 Å². The van der Waals surface area contributed by atoms with Crippen LogP contribution >= 0.6 is 0 Å². The highest BCUT2D eigenvalue weighted by molar-refractivity contribution is 5.88. The van der Waals surface area contributed by atoms with E-state index in [1.165, 1.54) is 5.56 Å².